The second-order valence-electron chi connectivity index (χ2n) is 5.38. The molecule has 0 heterocycles. The van der Waals surface area contributed by atoms with Gasteiger partial charge in [0.15, 0.2) is 0 Å². The van der Waals surface area contributed by atoms with Crippen LogP contribution in [0.2, 0.25) is 5.02 Å². The summed E-state index contributed by atoms with van der Waals surface area (Å²) >= 11 is 6.01. The maximum absolute atomic E-state index is 6.01. The third-order valence-electron chi connectivity index (χ3n) is 3.79. The molecule has 1 aromatic carbocycles. The summed E-state index contributed by atoms with van der Waals surface area (Å²) in [6, 6.07) is 9.11. The predicted octanol–water partition coefficient (Wildman–Crippen LogP) is 4.57. The first-order valence-corrected chi connectivity index (χ1v) is 7.04. The Hall–Kier alpha value is -0.530. The minimum Gasteiger partial charge on any atom is -0.308 e. The fraction of sp³-hybridized carbons (Fsp3) is 0.600. The minimum absolute atomic E-state index is 0.378. The van der Waals surface area contributed by atoms with Crippen molar-refractivity contribution in [2.24, 2.45) is 5.92 Å². The number of halogens is 1. The van der Waals surface area contributed by atoms with E-state index in [9.17, 15) is 0 Å². The highest BCUT2D eigenvalue weighted by Gasteiger charge is 2.20. The molecule has 94 valence electrons. The zero-order chi connectivity index (χ0) is 12.3. The van der Waals surface area contributed by atoms with Gasteiger partial charge in [-0.3, -0.25) is 0 Å². The Morgan fingerprint density at radius 3 is 2.71 bits per heavy atom. The molecule has 17 heavy (non-hydrogen) atoms. The van der Waals surface area contributed by atoms with E-state index in [-0.39, 0.29) is 0 Å². The summed E-state index contributed by atoms with van der Waals surface area (Å²) in [5.74, 6) is 0.962. The van der Waals surface area contributed by atoms with E-state index in [1.54, 1.807) is 0 Å². The van der Waals surface area contributed by atoms with Gasteiger partial charge in [0, 0.05) is 17.1 Å². The fourth-order valence-electron chi connectivity index (χ4n) is 2.60. The van der Waals surface area contributed by atoms with Gasteiger partial charge in [-0.05, 0) is 43.9 Å². The maximum Gasteiger partial charge on any atom is 0.0409 e. The average molecular weight is 252 g/mol. The maximum atomic E-state index is 6.01. The van der Waals surface area contributed by atoms with Crippen molar-refractivity contribution in [2.75, 3.05) is 0 Å². The molecule has 1 aromatic rings. The molecule has 2 rings (SSSR count). The van der Waals surface area contributed by atoms with E-state index < -0.39 is 0 Å². The van der Waals surface area contributed by atoms with Crippen LogP contribution in [0.4, 0.5) is 0 Å². The molecule has 1 aliphatic rings. The SMILES string of the molecule is CC(CC1CCC1)NC(C)c1cccc(Cl)c1. The summed E-state index contributed by atoms with van der Waals surface area (Å²) in [7, 11) is 0. The molecule has 1 N–H and O–H groups in total. The van der Waals surface area contributed by atoms with Crippen LogP contribution in [0.3, 0.4) is 0 Å². The van der Waals surface area contributed by atoms with Crippen molar-refractivity contribution in [1.82, 2.24) is 5.32 Å². The number of benzene rings is 1. The first kappa shape index (κ1) is 12.9. The van der Waals surface area contributed by atoms with Crippen LogP contribution >= 0.6 is 11.6 Å². The smallest absolute Gasteiger partial charge is 0.0409 e. The quantitative estimate of drug-likeness (QED) is 0.808. The highest BCUT2D eigenvalue weighted by atomic mass is 35.5. The minimum atomic E-state index is 0.378. The van der Waals surface area contributed by atoms with Gasteiger partial charge in [0.2, 0.25) is 0 Å². The van der Waals surface area contributed by atoms with Crippen molar-refractivity contribution in [2.45, 2.75) is 51.6 Å². The van der Waals surface area contributed by atoms with Crippen molar-refractivity contribution in [3.63, 3.8) is 0 Å². The van der Waals surface area contributed by atoms with Crippen LogP contribution in [-0.4, -0.2) is 6.04 Å². The number of nitrogens with one attached hydrogen (secondary N) is 1. The molecule has 0 saturated heterocycles. The zero-order valence-electron chi connectivity index (χ0n) is 10.7. The highest BCUT2D eigenvalue weighted by Crippen LogP contribution is 2.31. The molecule has 2 atom stereocenters. The lowest BCUT2D eigenvalue weighted by atomic mass is 9.81. The van der Waals surface area contributed by atoms with E-state index >= 15 is 0 Å². The Bertz CT molecular complexity index is 360. The monoisotopic (exact) mass is 251 g/mol. The summed E-state index contributed by atoms with van der Waals surface area (Å²) in [4.78, 5) is 0. The summed E-state index contributed by atoms with van der Waals surface area (Å²) in [6.07, 6.45) is 5.60. The zero-order valence-corrected chi connectivity index (χ0v) is 11.5. The van der Waals surface area contributed by atoms with Gasteiger partial charge < -0.3 is 5.32 Å². The Kier molecular flexibility index (Phi) is 4.47. The van der Waals surface area contributed by atoms with Crippen LogP contribution in [0, 0.1) is 5.92 Å². The van der Waals surface area contributed by atoms with Crippen LogP contribution in [0.15, 0.2) is 24.3 Å². The molecule has 1 nitrogen and oxygen atoms in total. The predicted molar refractivity (Wildman–Crippen MR) is 74.4 cm³/mol. The van der Waals surface area contributed by atoms with Crippen LogP contribution < -0.4 is 5.32 Å². The Balaban J connectivity index is 1.84. The fourth-order valence-corrected chi connectivity index (χ4v) is 2.79. The third kappa shape index (κ3) is 3.72. The molecule has 1 aliphatic carbocycles. The van der Waals surface area contributed by atoms with Crippen molar-refractivity contribution >= 4 is 11.6 Å². The number of hydrogen-bond acceptors (Lipinski definition) is 1. The summed E-state index contributed by atoms with van der Waals surface area (Å²) < 4.78 is 0. The van der Waals surface area contributed by atoms with Gasteiger partial charge in [-0.25, -0.2) is 0 Å². The number of rotatable bonds is 5. The topological polar surface area (TPSA) is 12.0 Å². The van der Waals surface area contributed by atoms with E-state index in [1.807, 2.05) is 12.1 Å². The van der Waals surface area contributed by atoms with Crippen molar-refractivity contribution in [1.29, 1.82) is 0 Å². The van der Waals surface area contributed by atoms with Gasteiger partial charge >= 0.3 is 0 Å². The van der Waals surface area contributed by atoms with Crippen molar-refractivity contribution in [3.05, 3.63) is 34.9 Å². The highest BCUT2D eigenvalue weighted by molar-refractivity contribution is 6.30. The lowest BCUT2D eigenvalue weighted by Gasteiger charge is -2.30. The van der Waals surface area contributed by atoms with Gasteiger partial charge in [0.25, 0.3) is 0 Å². The van der Waals surface area contributed by atoms with Crippen molar-refractivity contribution in [3.8, 4) is 0 Å². The average Bonchev–Trinajstić information content (AvgIpc) is 2.23. The van der Waals surface area contributed by atoms with Gasteiger partial charge in [-0.2, -0.15) is 0 Å². The number of hydrogen-bond donors (Lipinski definition) is 1. The van der Waals surface area contributed by atoms with Crippen molar-refractivity contribution < 1.29 is 0 Å². The van der Waals surface area contributed by atoms with E-state index in [0.717, 1.165) is 10.9 Å². The first-order valence-electron chi connectivity index (χ1n) is 6.66. The second-order valence-corrected chi connectivity index (χ2v) is 5.81. The van der Waals surface area contributed by atoms with Gasteiger partial charge in [-0.15, -0.1) is 0 Å². The lowest BCUT2D eigenvalue weighted by molar-refractivity contribution is 0.259. The summed E-state index contributed by atoms with van der Waals surface area (Å²) in [5, 5.41) is 4.49. The van der Waals surface area contributed by atoms with Gasteiger partial charge in [0.1, 0.15) is 0 Å². The van der Waals surface area contributed by atoms with Gasteiger partial charge in [-0.1, -0.05) is 43.0 Å². The van der Waals surface area contributed by atoms with E-state index in [4.69, 9.17) is 11.6 Å². The molecular formula is C15H22ClN. The van der Waals surface area contributed by atoms with Crippen LogP contribution in [0.25, 0.3) is 0 Å². The Morgan fingerprint density at radius 2 is 2.12 bits per heavy atom. The van der Waals surface area contributed by atoms with E-state index in [2.05, 4.69) is 31.3 Å². The Labute approximate surface area is 110 Å². The molecule has 1 saturated carbocycles. The molecule has 2 unspecified atom stereocenters. The second kappa shape index (κ2) is 5.88. The summed E-state index contributed by atoms with van der Waals surface area (Å²) in [5.41, 5.74) is 1.28. The molecule has 0 radical (unpaired) electrons. The largest absolute Gasteiger partial charge is 0.308 e. The van der Waals surface area contributed by atoms with Crippen LogP contribution in [0.1, 0.15) is 51.1 Å². The lowest BCUT2D eigenvalue weighted by Crippen LogP contribution is -2.32. The first-order chi connectivity index (χ1) is 8.15. The third-order valence-corrected chi connectivity index (χ3v) is 4.03. The molecule has 0 aliphatic heterocycles. The normalized spacial score (nSPS) is 19.7. The van der Waals surface area contributed by atoms with Gasteiger partial charge in [0.05, 0.1) is 0 Å². The summed E-state index contributed by atoms with van der Waals surface area (Å²) in [6.45, 7) is 4.50. The molecule has 1 fully saturated rings. The molecule has 0 bridgehead atoms. The molecule has 0 aromatic heterocycles. The molecule has 0 spiro atoms. The molecule has 0 amide bonds. The van der Waals surface area contributed by atoms with Crippen LogP contribution in [0.5, 0.6) is 0 Å². The van der Waals surface area contributed by atoms with Crippen LogP contribution in [-0.2, 0) is 0 Å². The van der Waals surface area contributed by atoms with E-state index in [0.29, 0.717) is 12.1 Å². The van der Waals surface area contributed by atoms with E-state index in [1.165, 1.54) is 31.2 Å². The standard InChI is InChI=1S/C15H22ClN/c1-11(9-13-5-3-6-13)17-12(2)14-7-4-8-15(16)10-14/h4,7-8,10-13,17H,3,5-6,9H2,1-2H3. The molecular weight excluding hydrogens is 230 g/mol. The Morgan fingerprint density at radius 1 is 1.35 bits per heavy atom. The molecule has 2 heteroatoms.